The van der Waals surface area contributed by atoms with Crippen molar-refractivity contribution >= 4 is 56.7 Å². The molecule has 0 radical (unpaired) electrons. The van der Waals surface area contributed by atoms with E-state index >= 15 is 0 Å². The fourth-order valence-corrected chi connectivity index (χ4v) is 8.47. The number of ether oxygens (including phenoxy) is 1. The van der Waals surface area contributed by atoms with Crippen LogP contribution in [0.3, 0.4) is 0 Å². The van der Waals surface area contributed by atoms with Crippen LogP contribution in [0.5, 0.6) is 0 Å². The van der Waals surface area contributed by atoms with Crippen molar-refractivity contribution in [1.82, 2.24) is 19.5 Å². The number of anilines is 1. The lowest BCUT2D eigenvalue weighted by atomic mass is 10.0. The summed E-state index contributed by atoms with van der Waals surface area (Å²) in [4.78, 5) is 45.6. The number of pyridine rings is 1. The number of nitrogens with one attached hydrogen (secondary N) is 2. The number of hydrogen-bond donors (Lipinski definition) is 2. The van der Waals surface area contributed by atoms with E-state index in [-0.39, 0.29) is 58.6 Å². The lowest BCUT2D eigenvalue weighted by molar-refractivity contribution is -0.870. The van der Waals surface area contributed by atoms with E-state index in [1.165, 1.54) is 41.6 Å². The summed E-state index contributed by atoms with van der Waals surface area (Å²) in [7, 11) is 1.34. The van der Waals surface area contributed by atoms with E-state index in [0.717, 1.165) is 4.31 Å². The van der Waals surface area contributed by atoms with Crippen molar-refractivity contribution in [3.05, 3.63) is 87.7 Å². The molecule has 1 aromatic heterocycles. The molecule has 1 unspecified atom stereocenters. The van der Waals surface area contributed by atoms with Crippen LogP contribution >= 0.6 is 23.2 Å². The number of likely N-dealkylation sites (N-methyl/N-ethyl adjacent to an activating group) is 1. The molecule has 2 aliphatic heterocycles. The van der Waals surface area contributed by atoms with Crippen molar-refractivity contribution in [3.63, 3.8) is 0 Å². The number of rotatable bonds is 13. The first-order valence-electron chi connectivity index (χ1n) is 17.0. The van der Waals surface area contributed by atoms with Crippen molar-refractivity contribution in [1.29, 1.82) is 5.26 Å². The van der Waals surface area contributed by atoms with Gasteiger partial charge in [0.05, 0.1) is 59.8 Å². The number of hydrogen-bond acceptors (Lipinski definition) is 9. The van der Waals surface area contributed by atoms with E-state index in [0.29, 0.717) is 22.3 Å². The molecule has 54 heavy (non-hydrogen) atoms. The first kappa shape index (κ1) is 40.9. The second-order valence-electron chi connectivity index (χ2n) is 14.3. The zero-order valence-electron chi connectivity index (χ0n) is 29.8. The highest BCUT2D eigenvalue weighted by Gasteiger charge is 2.50. The molecule has 5 rings (SSSR count). The molecule has 3 aromatic rings. The van der Waals surface area contributed by atoms with Crippen molar-refractivity contribution in [2.75, 3.05) is 59.2 Å². The zero-order valence-corrected chi connectivity index (χ0v) is 32.1. The van der Waals surface area contributed by atoms with Gasteiger partial charge in [-0.15, -0.1) is 0 Å². The molecule has 13 nitrogen and oxygen atoms in total. The molecule has 288 valence electrons. The van der Waals surface area contributed by atoms with Gasteiger partial charge in [0.1, 0.15) is 25.2 Å². The topological polar surface area (TPSA) is 162 Å². The number of nitriles is 1. The van der Waals surface area contributed by atoms with Crippen molar-refractivity contribution in [3.8, 4) is 6.07 Å². The number of aromatic nitrogens is 1. The van der Waals surface area contributed by atoms with Crippen LogP contribution < -0.4 is 10.6 Å². The Bertz CT molecular complexity index is 2020. The van der Waals surface area contributed by atoms with Crippen LogP contribution in [0.2, 0.25) is 10.0 Å². The minimum atomic E-state index is -4.41. The Balaban J connectivity index is 1.39. The zero-order chi connectivity index (χ0) is 39.4. The summed E-state index contributed by atoms with van der Waals surface area (Å²) in [6.07, 6.45) is 2.00. The van der Waals surface area contributed by atoms with E-state index < -0.39 is 64.8 Å². The number of carbonyl (C=O) groups is 3. The van der Waals surface area contributed by atoms with E-state index in [2.05, 4.69) is 15.6 Å². The summed E-state index contributed by atoms with van der Waals surface area (Å²) >= 11 is 12.2. The molecule has 0 saturated carbocycles. The number of halogens is 4. The molecule has 2 aliphatic rings. The van der Waals surface area contributed by atoms with Crippen molar-refractivity contribution in [2.45, 2.75) is 48.2 Å². The molecule has 2 aromatic carbocycles. The van der Waals surface area contributed by atoms with Gasteiger partial charge in [-0.05, 0) is 42.3 Å². The molecule has 18 heteroatoms. The highest BCUT2D eigenvalue weighted by molar-refractivity contribution is 7.89. The standard InChI is InChI=1S/C36H39Cl2F2N7O6S/c1-47(2,3)13-14-53-35(50)30(16-23-7-9-25(10-8-23)43-34(49)32-28(37)19-42-20-29(32)38)44-33(48)31-17-26(45-12-11-36(39,40)22-45)21-46(31)54(51,52)27-6-4-5-24(15-27)18-41/h4-10,15,19-20,26,30-31H,11-14,16-17,21-22H2,1-3H3,(H-,43,44,48,49)/p+1/t26-,30+,31?/m1/s1. The van der Waals surface area contributed by atoms with Crippen LogP contribution in [-0.2, 0) is 30.8 Å². The number of nitrogens with zero attached hydrogens (tertiary/aromatic N) is 5. The second kappa shape index (κ2) is 16.6. The number of amides is 2. The summed E-state index contributed by atoms with van der Waals surface area (Å²) < 4.78 is 63.6. The average molecular weight is 808 g/mol. The molecular formula is C36H40Cl2F2N7O6S+. The fraction of sp³-hybridized carbons (Fsp3) is 0.417. The number of quaternary nitrogens is 1. The lowest BCUT2D eigenvalue weighted by Crippen LogP contribution is -2.52. The number of sulfonamides is 1. The number of benzene rings is 2. The lowest BCUT2D eigenvalue weighted by Gasteiger charge is -2.26. The average Bonchev–Trinajstić information content (AvgIpc) is 3.72. The van der Waals surface area contributed by atoms with Crippen molar-refractivity contribution < 1.29 is 40.8 Å². The number of carbonyl (C=O) groups excluding carboxylic acids is 3. The Labute approximate surface area is 322 Å². The third kappa shape index (κ3) is 10.1. The number of esters is 1. The minimum Gasteiger partial charge on any atom is -0.458 e. The van der Waals surface area contributed by atoms with Gasteiger partial charge in [-0.25, -0.2) is 22.0 Å². The van der Waals surface area contributed by atoms with Gasteiger partial charge in [0, 0.05) is 50.1 Å². The summed E-state index contributed by atoms with van der Waals surface area (Å²) in [6, 6.07) is 10.3. The predicted octanol–water partition coefficient (Wildman–Crippen LogP) is 3.96. The Morgan fingerprint density at radius 2 is 1.80 bits per heavy atom. The molecule has 0 aliphatic carbocycles. The van der Waals surface area contributed by atoms with Gasteiger partial charge in [-0.2, -0.15) is 9.57 Å². The fourth-order valence-electron chi connectivity index (χ4n) is 6.25. The molecule has 2 N–H and O–H groups in total. The van der Waals surface area contributed by atoms with E-state index in [1.807, 2.05) is 27.2 Å². The van der Waals surface area contributed by atoms with Crippen LogP contribution in [0.25, 0.3) is 0 Å². The normalized spacial score (nSPS) is 19.5. The Hall–Kier alpha value is -4.24. The molecule has 2 fully saturated rings. The Kier molecular flexibility index (Phi) is 12.6. The molecule has 3 heterocycles. The van der Waals surface area contributed by atoms with Crippen LogP contribution in [0.15, 0.2) is 65.8 Å². The maximum Gasteiger partial charge on any atom is 0.329 e. The van der Waals surface area contributed by atoms with E-state index in [9.17, 15) is 36.8 Å². The number of alkyl halides is 2. The van der Waals surface area contributed by atoms with Crippen molar-refractivity contribution in [2.24, 2.45) is 0 Å². The maximum atomic E-state index is 14.3. The van der Waals surface area contributed by atoms with E-state index in [4.69, 9.17) is 27.9 Å². The largest absolute Gasteiger partial charge is 0.458 e. The molecule has 0 bridgehead atoms. The summed E-state index contributed by atoms with van der Waals surface area (Å²) in [5, 5.41) is 14.9. The molecule has 3 atom stereocenters. The minimum absolute atomic E-state index is 0.0180. The first-order valence-corrected chi connectivity index (χ1v) is 19.2. The highest BCUT2D eigenvalue weighted by Crippen LogP contribution is 2.35. The van der Waals surface area contributed by atoms with Gasteiger partial charge in [0.2, 0.25) is 15.9 Å². The summed E-state index contributed by atoms with van der Waals surface area (Å²) in [5.74, 6) is -5.10. The van der Waals surface area contributed by atoms with E-state index in [1.54, 1.807) is 24.3 Å². The van der Waals surface area contributed by atoms with Gasteiger partial charge in [-0.1, -0.05) is 41.4 Å². The van der Waals surface area contributed by atoms with Crippen LogP contribution in [0.1, 0.15) is 34.3 Å². The highest BCUT2D eigenvalue weighted by atomic mass is 35.5. The first-order chi connectivity index (χ1) is 25.4. The molecular weight excluding hydrogens is 767 g/mol. The Morgan fingerprint density at radius 3 is 2.41 bits per heavy atom. The monoisotopic (exact) mass is 806 g/mol. The van der Waals surface area contributed by atoms with Gasteiger partial charge < -0.3 is 19.9 Å². The summed E-state index contributed by atoms with van der Waals surface area (Å²) in [6.45, 7) is -0.321. The smallest absolute Gasteiger partial charge is 0.329 e. The van der Waals surface area contributed by atoms with Gasteiger partial charge in [-0.3, -0.25) is 19.5 Å². The Morgan fingerprint density at radius 1 is 1.11 bits per heavy atom. The predicted molar refractivity (Wildman–Crippen MR) is 197 cm³/mol. The van der Waals surface area contributed by atoms with Gasteiger partial charge in [0.15, 0.2) is 0 Å². The third-order valence-corrected chi connectivity index (χ3v) is 11.6. The van der Waals surface area contributed by atoms with Gasteiger partial charge >= 0.3 is 5.97 Å². The second-order valence-corrected chi connectivity index (χ2v) is 17.0. The molecule has 0 spiro atoms. The van der Waals surface area contributed by atoms with Crippen LogP contribution in [0.4, 0.5) is 14.5 Å². The quantitative estimate of drug-likeness (QED) is 0.193. The number of likely N-dealkylation sites (tertiary alicyclic amines) is 1. The molecule has 2 amide bonds. The summed E-state index contributed by atoms with van der Waals surface area (Å²) in [5.41, 5.74) is 1.06. The SMILES string of the molecule is C[N+](C)(C)CCOC(=O)[C@H](Cc1ccc(NC(=O)c2c(Cl)cncc2Cl)cc1)NC(=O)C1C[C@@H](N2CCC(F)(F)C2)CN1S(=O)(=O)c1cccc(C#N)c1. The third-order valence-electron chi connectivity index (χ3n) is 9.16. The van der Waals surface area contributed by atoms with Gasteiger partial charge in [0.25, 0.3) is 11.8 Å². The molecule has 2 saturated heterocycles. The van der Waals surface area contributed by atoms with Crippen LogP contribution in [-0.4, -0.2) is 123 Å². The maximum absolute atomic E-state index is 14.3. The van der Waals surface area contributed by atoms with Crippen LogP contribution in [0, 0.1) is 11.3 Å².